The summed E-state index contributed by atoms with van der Waals surface area (Å²) in [7, 11) is 0.424. The highest BCUT2D eigenvalue weighted by Gasteiger charge is 2.36. The molecule has 2 aromatic carbocycles. The van der Waals surface area contributed by atoms with Gasteiger partial charge in [-0.2, -0.15) is 5.10 Å². The van der Waals surface area contributed by atoms with Crippen molar-refractivity contribution in [3.63, 3.8) is 0 Å². The molecule has 7 nitrogen and oxygen atoms in total. The molecule has 1 saturated heterocycles. The van der Waals surface area contributed by atoms with E-state index in [1.807, 2.05) is 66.5 Å². The van der Waals surface area contributed by atoms with Crippen molar-refractivity contribution >= 4 is 21.5 Å². The van der Waals surface area contributed by atoms with Gasteiger partial charge in [0.15, 0.2) is 9.84 Å². The quantitative estimate of drug-likeness (QED) is 0.688. The van der Waals surface area contributed by atoms with Crippen molar-refractivity contribution in [3.8, 4) is 5.75 Å². The Morgan fingerprint density at radius 1 is 1.16 bits per heavy atom. The molecule has 164 valence electrons. The molecule has 1 fully saturated rings. The molecule has 31 heavy (non-hydrogen) atoms. The van der Waals surface area contributed by atoms with Crippen LogP contribution in [0.5, 0.6) is 5.75 Å². The number of benzene rings is 2. The summed E-state index contributed by atoms with van der Waals surface area (Å²) < 4.78 is 28.9. The number of nitrogens with zero attached hydrogens (tertiary/aromatic N) is 3. The largest absolute Gasteiger partial charge is 0.497 e. The summed E-state index contributed by atoms with van der Waals surface area (Å²) in [6.07, 6.45) is 1.18. The van der Waals surface area contributed by atoms with Crippen molar-refractivity contribution < 1.29 is 17.9 Å². The second kappa shape index (κ2) is 8.80. The van der Waals surface area contributed by atoms with Crippen LogP contribution in [0.1, 0.15) is 30.0 Å². The van der Waals surface area contributed by atoms with E-state index in [4.69, 9.17) is 9.84 Å². The third-order valence-electron chi connectivity index (χ3n) is 5.99. The summed E-state index contributed by atoms with van der Waals surface area (Å²) in [5, 5.41) is 6.25. The lowest BCUT2D eigenvalue weighted by atomic mass is 9.98. The van der Waals surface area contributed by atoms with Gasteiger partial charge < -0.3 is 4.74 Å². The van der Waals surface area contributed by atoms with E-state index in [1.165, 1.54) is 0 Å². The lowest BCUT2D eigenvalue weighted by Gasteiger charge is -2.27. The third-order valence-corrected chi connectivity index (χ3v) is 7.74. The Kier molecular flexibility index (Phi) is 6.11. The highest BCUT2D eigenvalue weighted by atomic mass is 32.2. The first-order chi connectivity index (χ1) is 14.9. The van der Waals surface area contributed by atoms with Crippen LogP contribution in [0.4, 0.5) is 0 Å². The Bertz CT molecular complexity index is 1070. The van der Waals surface area contributed by atoms with Gasteiger partial charge in [0.25, 0.3) is 5.91 Å². The Morgan fingerprint density at radius 3 is 2.48 bits per heavy atom. The maximum Gasteiger partial charge on any atom is 0.257 e. The van der Waals surface area contributed by atoms with E-state index >= 15 is 0 Å². The molecule has 0 N–H and O–H groups in total. The van der Waals surface area contributed by atoms with Crippen LogP contribution in [0, 0.1) is 0 Å². The Labute approximate surface area is 183 Å². The number of carbonyl (C=O) groups excluding carboxylic acids is 1. The zero-order valence-electron chi connectivity index (χ0n) is 17.8. The fraction of sp³-hybridized carbons (Fsp3) is 0.391. The molecule has 1 amide bonds. The normalized spacial score (nSPS) is 22.5. The maximum absolute atomic E-state index is 13.3. The van der Waals surface area contributed by atoms with Gasteiger partial charge in [0.05, 0.1) is 36.9 Å². The number of rotatable bonds is 6. The summed E-state index contributed by atoms with van der Waals surface area (Å²) in [5.41, 5.74) is 2.84. The first kappa shape index (κ1) is 21.5. The van der Waals surface area contributed by atoms with Crippen LogP contribution in [0.3, 0.4) is 0 Å². The maximum atomic E-state index is 13.3. The highest BCUT2D eigenvalue weighted by Crippen LogP contribution is 2.34. The predicted octanol–water partition coefficient (Wildman–Crippen LogP) is 2.49. The average Bonchev–Trinajstić information content (AvgIpc) is 3.38. The number of hydrogen-bond acceptors (Lipinski definition) is 6. The number of likely N-dealkylation sites (N-methyl/N-ethyl adjacent to an activating group) is 1. The van der Waals surface area contributed by atoms with E-state index in [0.717, 1.165) is 22.6 Å². The molecular weight excluding hydrogens is 414 g/mol. The van der Waals surface area contributed by atoms with Crippen LogP contribution in [0.2, 0.25) is 0 Å². The van der Waals surface area contributed by atoms with Crippen molar-refractivity contribution in [2.24, 2.45) is 5.10 Å². The second-order valence-electron chi connectivity index (χ2n) is 8.12. The zero-order chi connectivity index (χ0) is 22.0. The molecule has 0 aliphatic carbocycles. The molecular formula is C23H27N3O4S. The predicted molar refractivity (Wildman–Crippen MR) is 120 cm³/mol. The summed E-state index contributed by atoms with van der Waals surface area (Å²) in [6, 6.07) is 17.2. The van der Waals surface area contributed by atoms with Crippen LogP contribution in [-0.4, -0.2) is 68.2 Å². The van der Waals surface area contributed by atoms with Crippen LogP contribution < -0.4 is 4.74 Å². The summed E-state index contributed by atoms with van der Waals surface area (Å²) in [6.45, 7) is 0.123. The minimum atomic E-state index is -3.01. The van der Waals surface area contributed by atoms with E-state index in [-0.39, 0.29) is 36.0 Å². The number of ether oxygens (including phenoxy) is 1. The lowest BCUT2D eigenvalue weighted by molar-refractivity contribution is -0.134. The Morgan fingerprint density at radius 2 is 1.87 bits per heavy atom. The van der Waals surface area contributed by atoms with E-state index in [1.54, 1.807) is 12.1 Å². The van der Waals surface area contributed by atoms with Crippen molar-refractivity contribution in [1.29, 1.82) is 0 Å². The van der Waals surface area contributed by atoms with E-state index in [9.17, 15) is 13.2 Å². The number of sulfone groups is 1. The molecule has 2 heterocycles. The van der Waals surface area contributed by atoms with Crippen molar-refractivity contribution in [2.45, 2.75) is 24.9 Å². The molecule has 0 bridgehead atoms. The fourth-order valence-corrected chi connectivity index (χ4v) is 5.97. The Balaban J connectivity index is 1.56. The summed E-state index contributed by atoms with van der Waals surface area (Å²) in [4.78, 5) is 15.1. The minimum Gasteiger partial charge on any atom is -0.497 e. The average molecular weight is 442 g/mol. The molecule has 0 unspecified atom stereocenters. The van der Waals surface area contributed by atoms with Gasteiger partial charge in [-0.3, -0.25) is 9.69 Å². The van der Waals surface area contributed by atoms with Gasteiger partial charge in [-0.05, 0) is 36.7 Å². The molecule has 0 radical (unpaired) electrons. The topological polar surface area (TPSA) is 79.3 Å². The van der Waals surface area contributed by atoms with Gasteiger partial charge in [-0.1, -0.05) is 42.5 Å². The van der Waals surface area contributed by atoms with Gasteiger partial charge in [-0.15, -0.1) is 0 Å². The van der Waals surface area contributed by atoms with Gasteiger partial charge in [0.2, 0.25) is 0 Å². The van der Waals surface area contributed by atoms with Gasteiger partial charge in [-0.25, -0.2) is 13.4 Å². The molecule has 4 rings (SSSR count). The lowest BCUT2D eigenvalue weighted by Crippen LogP contribution is -2.41. The fourth-order valence-electron chi connectivity index (χ4n) is 4.17. The van der Waals surface area contributed by atoms with Crippen LogP contribution in [-0.2, 0) is 14.6 Å². The monoisotopic (exact) mass is 441 g/mol. The Hall–Kier alpha value is -2.71. The molecule has 0 spiro atoms. The van der Waals surface area contributed by atoms with Crippen LogP contribution >= 0.6 is 0 Å². The molecule has 2 aromatic rings. The number of amides is 1. The number of carbonyl (C=O) groups is 1. The van der Waals surface area contributed by atoms with Gasteiger partial charge in [0.1, 0.15) is 5.75 Å². The highest BCUT2D eigenvalue weighted by molar-refractivity contribution is 7.91. The van der Waals surface area contributed by atoms with Crippen molar-refractivity contribution in [3.05, 3.63) is 65.7 Å². The molecule has 2 atom stereocenters. The SMILES string of the molecule is COc1ccc([C@@H]2CC(c3ccccc3)=NN2C(=O)CN(C)[C@H]2CCS(=O)(=O)C2)cc1. The van der Waals surface area contributed by atoms with E-state index < -0.39 is 9.84 Å². The van der Waals surface area contributed by atoms with E-state index in [0.29, 0.717) is 12.8 Å². The minimum absolute atomic E-state index is 0.108. The zero-order valence-corrected chi connectivity index (χ0v) is 18.6. The first-order valence-corrected chi connectivity index (χ1v) is 12.2. The molecule has 8 heteroatoms. The number of hydrogen-bond donors (Lipinski definition) is 0. The van der Waals surface area contributed by atoms with Gasteiger partial charge >= 0.3 is 0 Å². The van der Waals surface area contributed by atoms with Gasteiger partial charge in [0, 0.05) is 12.5 Å². The standard InChI is InChI=1S/C23H27N3O4S/c1-25(19-12-13-31(28,29)16-19)15-23(27)26-22(18-8-10-20(30-2)11-9-18)14-21(24-26)17-6-4-3-5-7-17/h3-11,19,22H,12-16H2,1-2H3/t19-,22-/m0/s1. The van der Waals surface area contributed by atoms with Crippen LogP contribution in [0.15, 0.2) is 59.7 Å². The molecule has 2 aliphatic heterocycles. The number of hydrazone groups is 1. The smallest absolute Gasteiger partial charge is 0.257 e. The van der Waals surface area contributed by atoms with Crippen molar-refractivity contribution in [1.82, 2.24) is 9.91 Å². The van der Waals surface area contributed by atoms with Crippen molar-refractivity contribution in [2.75, 3.05) is 32.2 Å². The van der Waals surface area contributed by atoms with E-state index in [2.05, 4.69) is 0 Å². The number of methoxy groups -OCH3 is 1. The van der Waals surface area contributed by atoms with Crippen LogP contribution in [0.25, 0.3) is 0 Å². The second-order valence-corrected chi connectivity index (χ2v) is 10.3. The molecule has 2 aliphatic rings. The molecule has 0 saturated carbocycles. The third kappa shape index (κ3) is 4.80. The molecule has 0 aromatic heterocycles. The summed E-state index contributed by atoms with van der Waals surface area (Å²) in [5.74, 6) is 0.909. The first-order valence-electron chi connectivity index (χ1n) is 10.4. The summed E-state index contributed by atoms with van der Waals surface area (Å²) >= 11 is 0.